The van der Waals surface area contributed by atoms with Crippen molar-refractivity contribution in [2.24, 2.45) is 19.1 Å². The zero-order chi connectivity index (χ0) is 11.6. The summed E-state index contributed by atoms with van der Waals surface area (Å²) in [6, 6.07) is 1.32. The van der Waals surface area contributed by atoms with Crippen molar-refractivity contribution < 1.29 is 11.0 Å². The van der Waals surface area contributed by atoms with Crippen molar-refractivity contribution in [3.05, 3.63) is 26.9 Å². The lowest BCUT2D eigenvalue weighted by Gasteiger charge is -2.06. The first-order valence-electron chi connectivity index (χ1n) is 4.41. The largest absolute Gasteiger partial charge is 0.412 e. The van der Waals surface area contributed by atoms with E-state index in [1.165, 1.54) is 24.0 Å². The van der Waals surface area contributed by atoms with Gasteiger partial charge in [0.2, 0.25) is 0 Å². The number of hydrogen-bond donors (Lipinski definition) is 0. The summed E-state index contributed by atoms with van der Waals surface area (Å²) in [7, 11) is 6.62. The van der Waals surface area contributed by atoms with Gasteiger partial charge in [-0.2, -0.15) is 0 Å². The molecule has 0 radical (unpaired) electrons. The van der Waals surface area contributed by atoms with E-state index >= 15 is 0 Å². The minimum absolute atomic E-state index is 0. The molecule has 0 saturated carbocycles. The Bertz CT molecular complexity index is 501. The normalized spacial score (nSPS) is 9.65. The van der Waals surface area contributed by atoms with Gasteiger partial charge in [0.15, 0.2) is 0 Å². The van der Waals surface area contributed by atoms with Gasteiger partial charge in [-0.3, -0.25) is 13.9 Å². The topological polar surface area (TPSA) is 123 Å². The van der Waals surface area contributed by atoms with Gasteiger partial charge in [0.25, 0.3) is 5.56 Å². The molecule has 0 saturated heterocycles. The van der Waals surface area contributed by atoms with Crippen LogP contribution >= 0.6 is 0 Å². The highest BCUT2D eigenvalue weighted by Crippen LogP contribution is 2.02. The molecule has 1 heterocycles. The van der Waals surface area contributed by atoms with Gasteiger partial charge in [-0.1, -0.05) is 0 Å². The van der Waals surface area contributed by atoms with Gasteiger partial charge in [0.05, 0.1) is 6.34 Å². The van der Waals surface area contributed by atoms with Crippen LogP contribution in [0.1, 0.15) is 0 Å². The summed E-state index contributed by atoms with van der Waals surface area (Å²) in [5.41, 5.74) is -0.739. The summed E-state index contributed by atoms with van der Waals surface area (Å²) < 4.78 is 2.36. The Morgan fingerprint density at radius 2 is 1.71 bits per heavy atom. The van der Waals surface area contributed by atoms with E-state index < -0.39 is 0 Å². The number of rotatable bonds is 2. The Balaban J connectivity index is 0. The third kappa shape index (κ3) is 3.85. The average molecular weight is 246 g/mol. The van der Waals surface area contributed by atoms with Crippen LogP contribution in [0, 0.1) is 0 Å². The van der Waals surface area contributed by atoms with Crippen molar-refractivity contribution in [1.82, 2.24) is 14.0 Å². The molecule has 1 rings (SSSR count). The third-order valence-electron chi connectivity index (χ3n) is 1.92. The number of aliphatic imine (C=N–C) groups is 1. The highest BCUT2D eigenvalue weighted by Gasteiger charge is 2.03. The zero-order valence-corrected chi connectivity index (χ0v) is 10.3. The lowest BCUT2D eigenvalue weighted by atomic mass is 10.5. The molecule has 8 nitrogen and oxygen atoms in total. The van der Waals surface area contributed by atoms with Crippen LogP contribution in [0.15, 0.2) is 20.6 Å². The van der Waals surface area contributed by atoms with Crippen molar-refractivity contribution in [3.63, 3.8) is 0 Å². The van der Waals surface area contributed by atoms with Gasteiger partial charge in [-0.05, 0) is 0 Å². The Hall–Kier alpha value is -1.93. The molecule has 0 aliphatic heterocycles. The van der Waals surface area contributed by atoms with Gasteiger partial charge in [-0.15, -0.1) is 0 Å². The maximum Gasteiger partial charge on any atom is 0.332 e. The maximum absolute atomic E-state index is 11.5. The van der Waals surface area contributed by atoms with E-state index in [1.54, 1.807) is 11.9 Å². The standard InChI is InChI=1S/C9H14N4O2.2H2O/c1-11(2)6-10-7-5-8(14)13(4)9(15)12(7)3;;/h5-6H,1-4H3;2*1H2. The predicted molar refractivity (Wildman–Crippen MR) is 66.0 cm³/mol. The van der Waals surface area contributed by atoms with E-state index in [0.29, 0.717) is 5.82 Å². The second-order valence-corrected chi connectivity index (χ2v) is 3.45. The zero-order valence-electron chi connectivity index (χ0n) is 10.3. The molecule has 0 fully saturated rings. The SMILES string of the molecule is CN(C)C=Nc1cc(=O)n(C)c(=O)n1C.O.O. The first-order valence-corrected chi connectivity index (χ1v) is 4.41. The third-order valence-corrected chi connectivity index (χ3v) is 1.92. The second-order valence-electron chi connectivity index (χ2n) is 3.45. The lowest BCUT2D eigenvalue weighted by Crippen LogP contribution is -2.36. The fourth-order valence-electron chi connectivity index (χ4n) is 1.02. The molecule has 1 aromatic rings. The Labute approximate surface area is 98.1 Å². The summed E-state index contributed by atoms with van der Waals surface area (Å²) in [4.78, 5) is 28.6. The lowest BCUT2D eigenvalue weighted by molar-refractivity contribution is 0.639. The summed E-state index contributed by atoms with van der Waals surface area (Å²) in [6.45, 7) is 0. The van der Waals surface area contributed by atoms with Crippen LogP contribution in [-0.2, 0) is 14.1 Å². The van der Waals surface area contributed by atoms with Crippen molar-refractivity contribution in [2.45, 2.75) is 0 Å². The van der Waals surface area contributed by atoms with E-state index in [4.69, 9.17) is 0 Å². The Morgan fingerprint density at radius 3 is 2.18 bits per heavy atom. The second kappa shape index (κ2) is 6.61. The van der Waals surface area contributed by atoms with E-state index in [-0.39, 0.29) is 22.2 Å². The van der Waals surface area contributed by atoms with Crippen LogP contribution in [0.2, 0.25) is 0 Å². The molecule has 17 heavy (non-hydrogen) atoms. The van der Waals surface area contributed by atoms with Crippen LogP contribution in [-0.4, -0.2) is 45.4 Å². The summed E-state index contributed by atoms with van der Waals surface area (Å²) in [6.07, 6.45) is 1.54. The molecule has 4 N–H and O–H groups in total. The van der Waals surface area contributed by atoms with Crippen LogP contribution in [0.3, 0.4) is 0 Å². The average Bonchev–Trinajstić information content (AvgIpc) is 2.18. The van der Waals surface area contributed by atoms with Crippen molar-refractivity contribution in [1.29, 1.82) is 0 Å². The number of aromatic nitrogens is 2. The van der Waals surface area contributed by atoms with E-state index in [1.807, 2.05) is 14.1 Å². The Morgan fingerprint density at radius 1 is 1.18 bits per heavy atom. The van der Waals surface area contributed by atoms with Crippen LogP contribution in [0.25, 0.3) is 0 Å². The molecular weight excluding hydrogens is 228 g/mol. The molecule has 0 aliphatic carbocycles. The number of nitrogens with zero attached hydrogens (tertiary/aromatic N) is 4. The van der Waals surface area contributed by atoms with Crippen molar-refractivity contribution in [3.8, 4) is 0 Å². The van der Waals surface area contributed by atoms with Crippen LogP contribution < -0.4 is 11.2 Å². The van der Waals surface area contributed by atoms with E-state index in [2.05, 4.69) is 4.99 Å². The molecule has 8 heteroatoms. The first-order chi connectivity index (χ1) is 6.93. The van der Waals surface area contributed by atoms with E-state index in [9.17, 15) is 9.59 Å². The van der Waals surface area contributed by atoms with Crippen molar-refractivity contribution >= 4 is 12.2 Å². The fourth-order valence-corrected chi connectivity index (χ4v) is 1.02. The highest BCUT2D eigenvalue weighted by atomic mass is 16.2. The maximum atomic E-state index is 11.5. The van der Waals surface area contributed by atoms with Gasteiger partial charge in [-0.25, -0.2) is 9.79 Å². The van der Waals surface area contributed by atoms with Crippen LogP contribution in [0.5, 0.6) is 0 Å². The van der Waals surface area contributed by atoms with Gasteiger partial charge in [0, 0.05) is 34.3 Å². The molecule has 0 aromatic carbocycles. The molecule has 0 amide bonds. The molecule has 0 bridgehead atoms. The minimum atomic E-state index is -0.381. The fraction of sp³-hybridized carbons (Fsp3) is 0.444. The van der Waals surface area contributed by atoms with Gasteiger partial charge >= 0.3 is 5.69 Å². The number of hydrogen-bond acceptors (Lipinski definition) is 3. The monoisotopic (exact) mass is 246 g/mol. The Kier molecular flexibility index (Phi) is 6.79. The molecule has 1 aromatic heterocycles. The van der Waals surface area contributed by atoms with Gasteiger partial charge in [0.1, 0.15) is 5.82 Å². The summed E-state index contributed by atoms with van der Waals surface area (Å²) >= 11 is 0. The van der Waals surface area contributed by atoms with Crippen molar-refractivity contribution in [2.75, 3.05) is 14.1 Å². The minimum Gasteiger partial charge on any atom is -0.412 e. The predicted octanol–water partition coefficient (Wildman–Crippen LogP) is -2.34. The summed E-state index contributed by atoms with van der Waals surface area (Å²) in [5.74, 6) is 0.344. The molecule has 98 valence electrons. The van der Waals surface area contributed by atoms with Crippen LogP contribution in [0.4, 0.5) is 5.82 Å². The van der Waals surface area contributed by atoms with Gasteiger partial charge < -0.3 is 15.9 Å². The molecule has 0 spiro atoms. The molecule has 0 atom stereocenters. The highest BCUT2D eigenvalue weighted by molar-refractivity contribution is 5.58. The van der Waals surface area contributed by atoms with E-state index in [0.717, 1.165) is 4.57 Å². The first kappa shape index (κ1) is 17.5. The quantitative estimate of drug-likeness (QED) is 0.429. The summed E-state index contributed by atoms with van der Waals surface area (Å²) in [5, 5.41) is 0. The molecular formula is C9H18N4O4. The molecule has 0 unspecified atom stereocenters. The molecule has 0 aliphatic rings. The smallest absolute Gasteiger partial charge is 0.332 e.